The van der Waals surface area contributed by atoms with Gasteiger partial charge in [-0.2, -0.15) is 0 Å². The number of amides is 4. The Kier molecular flexibility index (Phi) is 6.75. The number of nitrogens with one attached hydrogen (secondary N) is 1. The third-order valence-electron chi connectivity index (χ3n) is 4.20. The number of urea groups is 1. The maximum absolute atomic E-state index is 12.8. The zero-order valence-electron chi connectivity index (χ0n) is 16.5. The highest BCUT2D eigenvalue weighted by molar-refractivity contribution is 9.10. The smallest absolute Gasteiger partial charge is 0.343 e. The minimum absolute atomic E-state index is 0.129. The molecule has 1 aromatic heterocycles. The molecule has 2 aromatic rings. The molecule has 4 amide bonds. The summed E-state index contributed by atoms with van der Waals surface area (Å²) >= 11 is 3.32. The van der Waals surface area contributed by atoms with Crippen LogP contribution in [0.15, 0.2) is 45.0 Å². The number of rotatable bonds is 7. The highest BCUT2D eigenvalue weighted by atomic mass is 79.9. The maximum atomic E-state index is 12.8. The highest BCUT2D eigenvalue weighted by Crippen LogP contribution is 2.37. The highest BCUT2D eigenvalue weighted by Gasteiger charge is 2.36. The van der Waals surface area contributed by atoms with Crippen LogP contribution in [0.1, 0.15) is 11.3 Å². The molecule has 0 aliphatic carbocycles. The molecule has 162 valence electrons. The number of ether oxygens (including phenoxy) is 3. The van der Waals surface area contributed by atoms with Crippen molar-refractivity contribution < 1.29 is 37.8 Å². The number of carbonyl (C=O) groups is 4. The second-order valence-corrected chi connectivity index (χ2v) is 7.04. The van der Waals surface area contributed by atoms with Gasteiger partial charge in [0.2, 0.25) is 0 Å². The predicted octanol–water partition coefficient (Wildman–Crippen LogP) is 2.26. The number of nitrogens with zero attached hydrogens (tertiary/aromatic N) is 1. The molecule has 0 saturated carbocycles. The Balaban J connectivity index is 1.90. The van der Waals surface area contributed by atoms with Gasteiger partial charge in [0.25, 0.3) is 11.8 Å². The summed E-state index contributed by atoms with van der Waals surface area (Å²) in [6.45, 7) is -0.466. The minimum Gasteiger partial charge on any atom is -0.493 e. The summed E-state index contributed by atoms with van der Waals surface area (Å²) in [6, 6.07) is 5.47. The zero-order valence-corrected chi connectivity index (χ0v) is 18.1. The second-order valence-electron chi connectivity index (χ2n) is 6.19. The van der Waals surface area contributed by atoms with Crippen molar-refractivity contribution in [2.24, 2.45) is 0 Å². The lowest BCUT2D eigenvalue weighted by molar-refractivity contribution is -0.143. The number of barbiturate groups is 1. The number of carbonyl (C=O) groups excluding carboxylic acids is 4. The van der Waals surface area contributed by atoms with Gasteiger partial charge in [0, 0.05) is 0 Å². The van der Waals surface area contributed by atoms with Gasteiger partial charge in [-0.25, -0.2) is 9.59 Å². The van der Waals surface area contributed by atoms with E-state index in [1.807, 2.05) is 0 Å². The topological polar surface area (TPSA) is 124 Å². The standard InChI is InChI=1S/C20H17BrN2O8/c1-28-15-8-11(7-14(21)17(15)31-10-16(24)29-2)6-13-18(25)22-20(27)23(19(13)26)9-12-4-3-5-30-12/h3-8H,9-10H2,1-2H3,(H,22,25,27). The van der Waals surface area contributed by atoms with Crippen molar-refractivity contribution in [1.29, 1.82) is 0 Å². The molecule has 1 aromatic carbocycles. The van der Waals surface area contributed by atoms with E-state index in [-0.39, 0.29) is 30.2 Å². The van der Waals surface area contributed by atoms with Gasteiger partial charge in [-0.15, -0.1) is 0 Å². The van der Waals surface area contributed by atoms with Crippen LogP contribution in [0.2, 0.25) is 0 Å². The largest absolute Gasteiger partial charge is 0.493 e. The Hall–Kier alpha value is -3.60. The Morgan fingerprint density at radius 1 is 1.26 bits per heavy atom. The monoisotopic (exact) mass is 492 g/mol. The molecule has 0 spiro atoms. The van der Waals surface area contributed by atoms with Gasteiger partial charge >= 0.3 is 12.0 Å². The van der Waals surface area contributed by atoms with Crippen molar-refractivity contribution in [3.63, 3.8) is 0 Å². The van der Waals surface area contributed by atoms with Crippen LogP contribution >= 0.6 is 15.9 Å². The number of hydrogen-bond donors (Lipinski definition) is 1. The van der Waals surface area contributed by atoms with E-state index < -0.39 is 23.8 Å². The first-order chi connectivity index (χ1) is 14.8. The SMILES string of the molecule is COC(=O)COc1c(Br)cc(C=C2C(=O)NC(=O)N(Cc3ccco3)C2=O)cc1OC. The molecule has 0 unspecified atom stereocenters. The third-order valence-corrected chi connectivity index (χ3v) is 4.79. The molecule has 0 radical (unpaired) electrons. The first-order valence-electron chi connectivity index (χ1n) is 8.82. The molecule has 1 fully saturated rings. The summed E-state index contributed by atoms with van der Waals surface area (Å²) in [4.78, 5) is 49.4. The Labute approximate surface area is 184 Å². The van der Waals surface area contributed by atoms with Crippen molar-refractivity contribution in [3.05, 3.63) is 51.9 Å². The maximum Gasteiger partial charge on any atom is 0.343 e. The van der Waals surface area contributed by atoms with Crippen molar-refractivity contribution in [1.82, 2.24) is 10.2 Å². The van der Waals surface area contributed by atoms with Crippen LogP contribution < -0.4 is 14.8 Å². The Morgan fingerprint density at radius 3 is 2.68 bits per heavy atom. The molecule has 10 nitrogen and oxygen atoms in total. The van der Waals surface area contributed by atoms with Gasteiger partial charge in [-0.05, 0) is 51.8 Å². The van der Waals surface area contributed by atoms with Crippen molar-refractivity contribution in [2.75, 3.05) is 20.8 Å². The van der Waals surface area contributed by atoms with E-state index >= 15 is 0 Å². The number of hydrogen-bond acceptors (Lipinski definition) is 8. The van der Waals surface area contributed by atoms with Gasteiger partial charge in [0.05, 0.1) is 31.5 Å². The van der Waals surface area contributed by atoms with Crippen LogP contribution in [-0.4, -0.2) is 49.5 Å². The van der Waals surface area contributed by atoms with Crippen LogP contribution in [0.25, 0.3) is 6.08 Å². The lowest BCUT2D eigenvalue weighted by atomic mass is 10.1. The molecule has 1 saturated heterocycles. The van der Waals surface area contributed by atoms with E-state index in [0.29, 0.717) is 15.8 Å². The van der Waals surface area contributed by atoms with Crippen LogP contribution in [0.5, 0.6) is 11.5 Å². The predicted molar refractivity (Wildman–Crippen MR) is 109 cm³/mol. The number of imide groups is 2. The summed E-state index contributed by atoms with van der Waals surface area (Å²) in [6.07, 6.45) is 2.73. The van der Waals surface area contributed by atoms with Crippen molar-refractivity contribution in [2.45, 2.75) is 6.54 Å². The van der Waals surface area contributed by atoms with E-state index in [0.717, 1.165) is 4.90 Å². The van der Waals surface area contributed by atoms with E-state index in [2.05, 4.69) is 26.0 Å². The number of furan rings is 1. The summed E-state index contributed by atoms with van der Waals surface area (Å²) in [7, 11) is 2.63. The summed E-state index contributed by atoms with van der Waals surface area (Å²) in [5.41, 5.74) is 0.170. The lowest BCUT2D eigenvalue weighted by Gasteiger charge is -2.25. The molecule has 1 aliphatic heterocycles. The first-order valence-corrected chi connectivity index (χ1v) is 9.61. The van der Waals surface area contributed by atoms with E-state index in [9.17, 15) is 19.2 Å². The number of benzene rings is 1. The number of methoxy groups -OCH3 is 2. The van der Waals surface area contributed by atoms with E-state index in [1.54, 1.807) is 18.2 Å². The molecular formula is C20H17BrN2O8. The van der Waals surface area contributed by atoms with E-state index in [1.165, 1.54) is 32.6 Å². The molecule has 0 bridgehead atoms. The fourth-order valence-electron chi connectivity index (χ4n) is 2.72. The van der Waals surface area contributed by atoms with Gasteiger partial charge < -0.3 is 18.6 Å². The number of halogens is 1. The average molecular weight is 493 g/mol. The molecule has 11 heteroatoms. The van der Waals surface area contributed by atoms with Crippen LogP contribution in [0.4, 0.5) is 4.79 Å². The fourth-order valence-corrected chi connectivity index (χ4v) is 3.29. The Bertz CT molecular complexity index is 1060. The summed E-state index contributed by atoms with van der Waals surface area (Å²) in [5, 5.41) is 2.13. The van der Waals surface area contributed by atoms with Crippen LogP contribution in [0, 0.1) is 0 Å². The zero-order chi connectivity index (χ0) is 22.5. The fraction of sp³-hybridized carbons (Fsp3) is 0.200. The average Bonchev–Trinajstić information content (AvgIpc) is 3.26. The van der Waals surface area contributed by atoms with Gasteiger partial charge in [-0.3, -0.25) is 19.8 Å². The minimum atomic E-state index is -0.839. The number of esters is 1. The first kappa shape index (κ1) is 22.1. The van der Waals surface area contributed by atoms with Crippen LogP contribution in [-0.2, 0) is 25.7 Å². The molecule has 2 heterocycles. The molecular weight excluding hydrogens is 476 g/mol. The Morgan fingerprint density at radius 2 is 2.03 bits per heavy atom. The second kappa shape index (κ2) is 9.47. The third kappa shape index (κ3) is 4.94. The van der Waals surface area contributed by atoms with Crippen molar-refractivity contribution >= 4 is 45.8 Å². The molecule has 1 N–H and O–H groups in total. The van der Waals surface area contributed by atoms with Crippen molar-refractivity contribution in [3.8, 4) is 11.5 Å². The van der Waals surface area contributed by atoms with Gasteiger partial charge in [-0.1, -0.05) is 0 Å². The molecule has 1 aliphatic rings. The molecule has 3 rings (SSSR count). The van der Waals surface area contributed by atoms with Crippen LogP contribution in [0.3, 0.4) is 0 Å². The molecule has 31 heavy (non-hydrogen) atoms. The summed E-state index contributed by atoms with van der Waals surface area (Å²) < 4.78 is 20.8. The molecule has 0 atom stereocenters. The summed E-state index contributed by atoms with van der Waals surface area (Å²) in [5.74, 6) is -1.31. The normalized spacial score (nSPS) is 15.1. The quantitative estimate of drug-likeness (QED) is 0.354. The van der Waals surface area contributed by atoms with Gasteiger partial charge in [0.1, 0.15) is 11.3 Å². The van der Waals surface area contributed by atoms with Gasteiger partial charge in [0.15, 0.2) is 18.1 Å². The van der Waals surface area contributed by atoms with E-state index in [4.69, 9.17) is 13.9 Å². The lowest BCUT2D eigenvalue weighted by Crippen LogP contribution is -2.53.